The Bertz CT molecular complexity index is 1220. The molecule has 0 radical (unpaired) electrons. The number of hydrogen-bond donors (Lipinski definition) is 1. The number of pyridine rings is 1. The van der Waals surface area contributed by atoms with Gasteiger partial charge in [-0.3, -0.25) is 0 Å². The van der Waals surface area contributed by atoms with E-state index in [1.54, 1.807) is 12.1 Å². The first kappa shape index (κ1) is 20.2. The third-order valence-electron chi connectivity index (χ3n) is 4.65. The Morgan fingerprint density at radius 2 is 1.58 bits per heavy atom. The minimum absolute atomic E-state index is 0.388. The standard InChI is InChI=1S/C26H21NO4/c28-25(29)18-31-23-11-5-4-9-20(23)13-15-22-16-14-21-10-6-12-24(26(21)27-22)30-17-19-7-2-1-3-8-19/h1-16H,17-18H2,(H,28,29). The summed E-state index contributed by atoms with van der Waals surface area (Å²) in [5, 5.41) is 9.85. The van der Waals surface area contributed by atoms with Gasteiger partial charge in [-0.25, -0.2) is 9.78 Å². The lowest BCUT2D eigenvalue weighted by atomic mass is 10.1. The highest BCUT2D eigenvalue weighted by Crippen LogP contribution is 2.26. The monoisotopic (exact) mass is 411 g/mol. The number of ether oxygens (including phenoxy) is 2. The Balaban J connectivity index is 1.57. The lowest BCUT2D eigenvalue weighted by Crippen LogP contribution is -2.09. The van der Waals surface area contributed by atoms with Gasteiger partial charge in [-0.1, -0.05) is 66.7 Å². The van der Waals surface area contributed by atoms with E-state index < -0.39 is 5.97 Å². The number of nitrogens with zero attached hydrogens (tertiary/aromatic N) is 1. The molecule has 154 valence electrons. The third-order valence-corrected chi connectivity index (χ3v) is 4.65. The Labute approximate surface area is 180 Å². The van der Waals surface area contributed by atoms with Crippen molar-refractivity contribution in [3.8, 4) is 11.5 Å². The van der Waals surface area contributed by atoms with E-state index in [4.69, 9.17) is 19.6 Å². The summed E-state index contributed by atoms with van der Waals surface area (Å²) < 4.78 is 11.4. The van der Waals surface area contributed by atoms with Gasteiger partial charge in [0.25, 0.3) is 0 Å². The van der Waals surface area contributed by atoms with Crippen LogP contribution in [0, 0.1) is 0 Å². The number of aliphatic carboxylic acids is 1. The molecule has 0 aliphatic rings. The van der Waals surface area contributed by atoms with E-state index in [1.807, 2.05) is 84.9 Å². The largest absolute Gasteiger partial charge is 0.487 e. The van der Waals surface area contributed by atoms with Crippen molar-refractivity contribution in [3.05, 3.63) is 102 Å². The van der Waals surface area contributed by atoms with Crippen molar-refractivity contribution in [2.24, 2.45) is 0 Å². The van der Waals surface area contributed by atoms with Crippen molar-refractivity contribution < 1.29 is 19.4 Å². The number of aromatic nitrogens is 1. The van der Waals surface area contributed by atoms with E-state index in [2.05, 4.69) is 0 Å². The number of fused-ring (bicyclic) bond motifs is 1. The minimum atomic E-state index is -1.02. The Morgan fingerprint density at radius 3 is 2.42 bits per heavy atom. The molecule has 0 aliphatic heterocycles. The van der Waals surface area contributed by atoms with Crippen molar-refractivity contribution in [2.45, 2.75) is 6.61 Å². The van der Waals surface area contributed by atoms with Crippen molar-refractivity contribution in [3.63, 3.8) is 0 Å². The molecule has 3 aromatic carbocycles. The molecule has 5 nitrogen and oxygen atoms in total. The lowest BCUT2D eigenvalue weighted by molar-refractivity contribution is -0.139. The van der Waals surface area contributed by atoms with Gasteiger partial charge >= 0.3 is 5.97 Å². The predicted molar refractivity (Wildman–Crippen MR) is 121 cm³/mol. The highest BCUT2D eigenvalue weighted by atomic mass is 16.5. The molecule has 0 unspecified atom stereocenters. The highest BCUT2D eigenvalue weighted by Gasteiger charge is 2.06. The van der Waals surface area contributed by atoms with E-state index >= 15 is 0 Å². The van der Waals surface area contributed by atoms with Crippen molar-refractivity contribution >= 4 is 29.0 Å². The van der Waals surface area contributed by atoms with Crippen LogP contribution in [0.1, 0.15) is 16.8 Å². The second-order valence-electron chi connectivity index (χ2n) is 6.89. The first-order chi connectivity index (χ1) is 15.2. The summed E-state index contributed by atoms with van der Waals surface area (Å²) in [6.07, 6.45) is 3.73. The maximum atomic E-state index is 10.8. The van der Waals surface area contributed by atoms with Gasteiger partial charge in [0.05, 0.1) is 5.69 Å². The second kappa shape index (κ2) is 9.59. The molecule has 0 spiro atoms. The molecule has 1 N–H and O–H groups in total. The van der Waals surface area contributed by atoms with Gasteiger partial charge in [0.1, 0.15) is 23.6 Å². The summed E-state index contributed by atoms with van der Waals surface area (Å²) >= 11 is 0. The van der Waals surface area contributed by atoms with Crippen molar-refractivity contribution in [1.82, 2.24) is 4.98 Å². The number of carboxylic acid groups (broad SMARTS) is 1. The van der Waals surface area contributed by atoms with Gasteiger partial charge in [-0.05, 0) is 35.9 Å². The van der Waals surface area contributed by atoms with Crippen LogP contribution in [0.5, 0.6) is 11.5 Å². The molecule has 4 rings (SSSR count). The maximum Gasteiger partial charge on any atom is 0.341 e. The lowest BCUT2D eigenvalue weighted by Gasteiger charge is -2.09. The van der Waals surface area contributed by atoms with Crippen molar-refractivity contribution in [1.29, 1.82) is 0 Å². The zero-order valence-corrected chi connectivity index (χ0v) is 16.8. The number of hydrogen-bond acceptors (Lipinski definition) is 4. The molecule has 5 heteroatoms. The maximum absolute atomic E-state index is 10.8. The van der Waals surface area contributed by atoms with Crippen LogP contribution in [0.2, 0.25) is 0 Å². The van der Waals surface area contributed by atoms with Gasteiger partial charge in [0, 0.05) is 10.9 Å². The molecule has 0 aliphatic carbocycles. The molecule has 0 atom stereocenters. The zero-order valence-electron chi connectivity index (χ0n) is 16.8. The molecule has 0 amide bonds. The summed E-state index contributed by atoms with van der Waals surface area (Å²) in [5.41, 5.74) is 3.42. The molecule has 1 heterocycles. The molecule has 31 heavy (non-hydrogen) atoms. The summed E-state index contributed by atoms with van der Waals surface area (Å²) in [5.74, 6) is 0.216. The fraction of sp³-hybridized carbons (Fsp3) is 0.0769. The topological polar surface area (TPSA) is 68.7 Å². The molecular weight excluding hydrogens is 390 g/mol. The number of carbonyl (C=O) groups is 1. The average Bonchev–Trinajstić information content (AvgIpc) is 2.81. The van der Waals surface area contributed by atoms with E-state index in [0.717, 1.165) is 33.5 Å². The number of para-hydroxylation sites is 2. The van der Waals surface area contributed by atoms with Gasteiger partial charge in [0.2, 0.25) is 0 Å². The van der Waals surface area contributed by atoms with E-state index in [-0.39, 0.29) is 6.61 Å². The van der Waals surface area contributed by atoms with Crippen LogP contribution in [0.3, 0.4) is 0 Å². The average molecular weight is 411 g/mol. The van der Waals surface area contributed by atoms with Gasteiger partial charge < -0.3 is 14.6 Å². The van der Waals surface area contributed by atoms with Gasteiger partial charge in [0.15, 0.2) is 6.61 Å². The number of carboxylic acids is 1. The summed E-state index contributed by atoms with van der Waals surface area (Å²) in [7, 11) is 0. The van der Waals surface area contributed by atoms with Crippen LogP contribution in [0.4, 0.5) is 0 Å². The van der Waals surface area contributed by atoms with E-state index in [0.29, 0.717) is 12.4 Å². The minimum Gasteiger partial charge on any atom is -0.487 e. The first-order valence-electron chi connectivity index (χ1n) is 9.87. The Morgan fingerprint density at radius 1 is 0.806 bits per heavy atom. The quantitative estimate of drug-likeness (QED) is 0.418. The fourth-order valence-corrected chi connectivity index (χ4v) is 3.14. The van der Waals surface area contributed by atoms with Gasteiger partial charge in [-0.2, -0.15) is 0 Å². The van der Waals surface area contributed by atoms with E-state index in [9.17, 15) is 4.79 Å². The van der Waals surface area contributed by atoms with E-state index in [1.165, 1.54) is 0 Å². The molecule has 1 aromatic heterocycles. The SMILES string of the molecule is O=C(O)COc1ccccc1C=Cc1ccc2cccc(OCc3ccccc3)c2n1. The Hall–Kier alpha value is -4.12. The number of benzene rings is 3. The molecule has 0 fully saturated rings. The van der Waals surface area contributed by atoms with Crippen molar-refractivity contribution in [2.75, 3.05) is 6.61 Å². The number of rotatable bonds is 8. The smallest absolute Gasteiger partial charge is 0.341 e. The van der Waals surface area contributed by atoms with Crippen LogP contribution in [0.15, 0.2) is 84.9 Å². The van der Waals surface area contributed by atoms with Crippen LogP contribution in [-0.4, -0.2) is 22.7 Å². The molecule has 0 bridgehead atoms. The van der Waals surface area contributed by atoms with Crippen LogP contribution in [0.25, 0.3) is 23.1 Å². The zero-order chi connectivity index (χ0) is 21.5. The summed E-state index contributed by atoms with van der Waals surface area (Å²) in [6.45, 7) is 0.0805. The summed E-state index contributed by atoms with van der Waals surface area (Å²) in [6, 6.07) is 27.1. The normalized spacial score (nSPS) is 11.0. The molecule has 0 saturated heterocycles. The Kier molecular flexibility index (Phi) is 6.24. The van der Waals surface area contributed by atoms with Crippen LogP contribution in [-0.2, 0) is 11.4 Å². The molecular formula is C26H21NO4. The predicted octanol–water partition coefficient (Wildman–Crippen LogP) is 5.45. The fourth-order valence-electron chi connectivity index (χ4n) is 3.14. The first-order valence-corrected chi connectivity index (χ1v) is 9.87. The summed E-state index contributed by atoms with van der Waals surface area (Å²) in [4.78, 5) is 15.6. The second-order valence-corrected chi connectivity index (χ2v) is 6.89. The highest BCUT2D eigenvalue weighted by molar-refractivity contribution is 5.86. The van der Waals surface area contributed by atoms with Crippen LogP contribution >= 0.6 is 0 Å². The molecule has 0 saturated carbocycles. The third kappa shape index (κ3) is 5.28. The molecule has 4 aromatic rings. The van der Waals surface area contributed by atoms with Gasteiger partial charge in [-0.15, -0.1) is 0 Å². The van der Waals surface area contributed by atoms with Crippen LogP contribution < -0.4 is 9.47 Å².